The van der Waals surface area contributed by atoms with E-state index in [2.05, 4.69) is 36.4 Å². The molecule has 0 bridgehead atoms. The molecule has 21 heavy (non-hydrogen) atoms. The number of halogens is 1. The molecule has 0 N–H and O–H groups in total. The molecule has 4 rings (SSSR count). The van der Waals surface area contributed by atoms with Crippen molar-refractivity contribution in [3.05, 3.63) is 69.7 Å². The summed E-state index contributed by atoms with van der Waals surface area (Å²) >= 11 is 6.24. The smallest absolute Gasteiger partial charge is 0.0725 e. The van der Waals surface area contributed by atoms with Crippen molar-refractivity contribution in [2.75, 3.05) is 6.54 Å². The lowest BCUT2D eigenvalue weighted by Gasteiger charge is -2.11. The highest BCUT2D eigenvalue weighted by Gasteiger charge is 2.23. The summed E-state index contributed by atoms with van der Waals surface area (Å²) in [6.45, 7) is 0.954. The van der Waals surface area contributed by atoms with E-state index in [9.17, 15) is 0 Å². The fourth-order valence-corrected chi connectivity index (χ4v) is 3.23. The molecular formula is C19H18ClN. The topological polar surface area (TPSA) is 12.4 Å². The quantitative estimate of drug-likeness (QED) is 0.762. The highest BCUT2D eigenvalue weighted by atomic mass is 35.5. The average Bonchev–Trinajstić information content (AvgIpc) is 3.32. The summed E-state index contributed by atoms with van der Waals surface area (Å²) < 4.78 is 0. The molecule has 2 heteroatoms. The monoisotopic (exact) mass is 295 g/mol. The molecular weight excluding hydrogens is 278 g/mol. The van der Waals surface area contributed by atoms with Gasteiger partial charge in [-0.05, 0) is 54.9 Å². The molecule has 0 spiro atoms. The van der Waals surface area contributed by atoms with Gasteiger partial charge >= 0.3 is 0 Å². The van der Waals surface area contributed by atoms with Crippen LogP contribution >= 0.6 is 11.6 Å². The van der Waals surface area contributed by atoms with Crippen molar-refractivity contribution in [1.82, 2.24) is 0 Å². The lowest BCUT2D eigenvalue weighted by molar-refractivity contribution is 0.849. The molecule has 2 aliphatic carbocycles. The summed E-state index contributed by atoms with van der Waals surface area (Å²) in [6.07, 6.45) is 4.81. The van der Waals surface area contributed by atoms with Gasteiger partial charge in [-0.15, -0.1) is 0 Å². The molecule has 0 amide bonds. The van der Waals surface area contributed by atoms with E-state index in [0.29, 0.717) is 0 Å². The highest BCUT2D eigenvalue weighted by molar-refractivity contribution is 6.31. The van der Waals surface area contributed by atoms with Gasteiger partial charge in [0.15, 0.2) is 0 Å². The molecule has 0 aromatic heterocycles. The van der Waals surface area contributed by atoms with Crippen LogP contribution in [0.3, 0.4) is 0 Å². The number of benzene rings is 2. The van der Waals surface area contributed by atoms with Gasteiger partial charge in [0.1, 0.15) is 0 Å². The largest absolute Gasteiger partial charge is 0.284 e. The third-order valence-corrected chi connectivity index (χ3v) is 4.70. The Kier molecular flexibility index (Phi) is 3.31. The maximum atomic E-state index is 6.24. The minimum Gasteiger partial charge on any atom is -0.284 e. The van der Waals surface area contributed by atoms with Crippen LogP contribution in [0.4, 0.5) is 0 Å². The first-order valence-corrected chi connectivity index (χ1v) is 8.10. The Hall–Kier alpha value is -1.60. The molecule has 2 aromatic carbocycles. The minimum absolute atomic E-state index is 0.798. The van der Waals surface area contributed by atoms with Crippen LogP contribution in [0.15, 0.2) is 47.5 Å². The van der Waals surface area contributed by atoms with Crippen LogP contribution in [0, 0.1) is 5.92 Å². The second-order valence-corrected chi connectivity index (χ2v) is 6.53. The molecule has 0 radical (unpaired) electrons. The molecule has 106 valence electrons. The maximum Gasteiger partial charge on any atom is 0.0725 e. The second kappa shape index (κ2) is 5.31. The van der Waals surface area contributed by atoms with E-state index in [4.69, 9.17) is 16.6 Å². The van der Waals surface area contributed by atoms with Crippen molar-refractivity contribution >= 4 is 17.3 Å². The zero-order chi connectivity index (χ0) is 14.2. The number of aryl methyl sites for hydroxylation is 2. The lowest BCUT2D eigenvalue weighted by atomic mass is 9.98. The second-order valence-electron chi connectivity index (χ2n) is 6.09. The summed E-state index contributed by atoms with van der Waals surface area (Å²) in [5.74, 6) is 0.801. The van der Waals surface area contributed by atoms with Crippen LogP contribution in [-0.2, 0) is 12.8 Å². The lowest BCUT2D eigenvalue weighted by Crippen LogP contribution is -2.07. The standard InChI is InChI=1S/C19H18ClN/c20-16-10-9-15-8-7-14-3-1-2-4-17(14)19(18(15)11-16)21-12-13-5-6-13/h1-4,9-11,13H,5-8,12H2. The normalized spacial score (nSPS) is 19.0. The first-order valence-electron chi connectivity index (χ1n) is 7.73. The van der Waals surface area contributed by atoms with Gasteiger partial charge in [0.2, 0.25) is 0 Å². The van der Waals surface area contributed by atoms with E-state index in [0.717, 1.165) is 36.0 Å². The van der Waals surface area contributed by atoms with Gasteiger partial charge in [-0.1, -0.05) is 41.9 Å². The zero-order valence-electron chi connectivity index (χ0n) is 12.0. The first-order chi connectivity index (χ1) is 10.3. The predicted octanol–water partition coefficient (Wildman–Crippen LogP) is 4.69. The third-order valence-electron chi connectivity index (χ3n) is 4.47. The molecule has 0 unspecified atom stereocenters. The van der Waals surface area contributed by atoms with Gasteiger partial charge in [0.25, 0.3) is 0 Å². The number of hydrogen-bond donors (Lipinski definition) is 0. The van der Waals surface area contributed by atoms with E-state index in [-0.39, 0.29) is 0 Å². The molecule has 0 heterocycles. The highest BCUT2D eigenvalue weighted by Crippen LogP contribution is 2.31. The van der Waals surface area contributed by atoms with E-state index in [1.165, 1.54) is 35.1 Å². The van der Waals surface area contributed by atoms with Crippen molar-refractivity contribution < 1.29 is 0 Å². The first kappa shape index (κ1) is 13.1. The van der Waals surface area contributed by atoms with E-state index in [1.54, 1.807) is 0 Å². The molecule has 1 nitrogen and oxygen atoms in total. The van der Waals surface area contributed by atoms with Gasteiger partial charge in [-0.2, -0.15) is 0 Å². The Morgan fingerprint density at radius 3 is 2.52 bits per heavy atom. The Morgan fingerprint density at radius 1 is 0.952 bits per heavy atom. The molecule has 2 aromatic rings. The summed E-state index contributed by atoms with van der Waals surface area (Å²) in [5, 5.41) is 0.798. The molecule has 2 aliphatic rings. The van der Waals surface area contributed by atoms with Crippen molar-refractivity contribution in [3.8, 4) is 0 Å². The van der Waals surface area contributed by atoms with Crippen LogP contribution in [-0.4, -0.2) is 12.3 Å². The number of fused-ring (bicyclic) bond motifs is 2. The third kappa shape index (κ3) is 2.63. The zero-order valence-corrected chi connectivity index (χ0v) is 12.7. The van der Waals surface area contributed by atoms with Gasteiger partial charge in [0, 0.05) is 22.7 Å². The number of rotatable bonds is 2. The van der Waals surface area contributed by atoms with E-state index >= 15 is 0 Å². The van der Waals surface area contributed by atoms with Crippen LogP contribution in [0.5, 0.6) is 0 Å². The fourth-order valence-electron chi connectivity index (χ4n) is 3.06. The number of nitrogens with zero attached hydrogens (tertiary/aromatic N) is 1. The van der Waals surface area contributed by atoms with Crippen molar-refractivity contribution in [2.45, 2.75) is 25.7 Å². The minimum atomic E-state index is 0.798. The fraction of sp³-hybridized carbons (Fsp3) is 0.316. The predicted molar refractivity (Wildman–Crippen MR) is 88.5 cm³/mol. The number of hydrogen-bond acceptors (Lipinski definition) is 1. The molecule has 1 fully saturated rings. The SMILES string of the molecule is Clc1ccc2c(c1)C(=NCC1CC1)c1ccccc1CC2. The van der Waals surface area contributed by atoms with Crippen molar-refractivity contribution in [1.29, 1.82) is 0 Å². The summed E-state index contributed by atoms with van der Waals surface area (Å²) in [4.78, 5) is 4.99. The van der Waals surface area contributed by atoms with Crippen LogP contribution < -0.4 is 0 Å². The van der Waals surface area contributed by atoms with Crippen LogP contribution in [0.2, 0.25) is 5.02 Å². The van der Waals surface area contributed by atoms with Gasteiger partial charge in [-0.3, -0.25) is 4.99 Å². The summed E-state index contributed by atoms with van der Waals surface area (Å²) in [5.41, 5.74) is 6.43. The Balaban J connectivity index is 1.88. The van der Waals surface area contributed by atoms with Gasteiger partial charge in [-0.25, -0.2) is 0 Å². The molecule has 0 saturated heterocycles. The van der Waals surface area contributed by atoms with E-state index < -0.39 is 0 Å². The molecule has 0 aliphatic heterocycles. The Labute approximate surface area is 130 Å². The summed E-state index contributed by atoms with van der Waals surface area (Å²) in [6, 6.07) is 14.9. The van der Waals surface area contributed by atoms with Crippen molar-refractivity contribution in [3.63, 3.8) is 0 Å². The Morgan fingerprint density at radius 2 is 1.71 bits per heavy atom. The Bertz CT molecular complexity index is 713. The number of aliphatic imine (C=N–C) groups is 1. The molecule has 0 atom stereocenters. The van der Waals surface area contributed by atoms with E-state index in [1.807, 2.05) is 6.07 Å². The average molecular weight is 296 g/mol. The van der Waals surface area contributed by atoms with Crippen LogP contribution in [0.25, 0.3) is 0 Å². The van der Waals surface area contributed by atoms with Crippen LogP contribution in [0.1, 0.15) is 35.1 Å². The summed E-state index contributed by atoms with van der Waals surface area (Å²) in [7, 11) is 0. The maximum absolute atomic E-state index is 6.24. The van der Waals surface area contributed by atoms with Gasteiger partial charge in [0.05, 0.1) is 5.71 Å². The van der Waals surface area contributed by atoms with Gasteiger partial charge < -0.3 is 0 Å². The molecule has 1 saturated carbocycles. The van der Waals surface area contributed by atoms with Crippen molar-refractivity contribution in [2.24, 2.45) is 10.9 Å².